The third kappa shape index (κ3) is 1.30. The summed E-state index contributed by atoms with van der Waals surface area (Å²) in [6.45, 7) is -0.382. The molecule has 0 aromatic rings. The average Bonchev–Trinajstić information content (AvgIpc) is 2.66. The van der Waals surface area contributed by atoms with E-state index in [2.05, 4.69) is 0 Å². The third-order valence-electron chi connectivity index (χ3n) is 2.49. The Labute approximate surface area is 83.6 Å². The van der Waals surface area contributed by atoms with E-state index in [0.717, 1.165) is 4.90 Å². The van der Waals surface area contributed by atoms with Gasteiger partial charge in [-0.2, -0.15) is 5.06 Å². The first-order chi connectivity index (χ1) is 7.02. The number of hydrogen-bond acceptors (Lipinski definition) is 4. The van der Waals surface area contributed by atoms with Gasteiger partial charge in [0.15, 0.2) is 5.78 Å². The fourth-order valence-corrected chi connectivity index (χ4v) is 1.85. The van der Waals surface area contributed by atoms with E-state index in [0.29, 0.717) is 5.06 Å². The van der Waals surface area contributed by atoms with Crippen molar-refractivity contribution in [2.24, 2.45) is 0 Å². The van der Waals surface area contributed by atoms with Crippen LogP contribution in [0, 0.1) is 0 Å². The van der Waals surface area contributed by atoms with E-state index in [1.807, 2.05) is 0 Å². The van der Waals surface area contributed by atoms with Gasteiger partial charge >= 0.3 is 12.2 Å². The quantitative estimate of drug-likeness (QED) is 0.549. The summed E-state index contributed by atoms with van der Waals surface area (Å²) in [5, 5.41) is 18.0. The number of fused-ring (bicyclic) bond motifs is 1. The second-order valence-electron chi connectivity index (χ2n) is 3.29. The molecule has 0 aliphatic carbocycles. The van der Waals surface area contributed by atoms with Crippen LogP contribution in [0.4, 0.5) is 9.59 Å². The van der Waals surface area contributed by atoms with Crippen LogP contribution < -0.4 is 0 Å². The van der Waals surface area contributed by atoms with E-state index < -0.39 is 30.1 Å². The number of likely N-dealkylation sites (tertiary alicyclic amines) is 1. The van der Waals surface area contributed by atoms with Gasteiger partial charge in [0.25, 0.3) is 0 Å². The molecule has 2 unspecified atom stereocenters. The van der Waals surface area contributed by atoms with Crippen LogP contribution in [0.15, 0.2) is 0 Å². The summed E-state index contributed by atoms with van der Waals surface area (Å²) in [6, 6.07) is -1.73. The van der Waals surface area contributed by atoms with Crippen molar-refractivity contribution in [2.75, 3.05) is 13.2 Å². The zero-order valence-corrected chi connectivity index (χ0v) is 7.49. The first kappa shape index (κ1) is 9.71. The SMILES string of the molecule is O=C1CN(C(=O)O)C2CON(C(=O)O)C12. The summed E-state index contributed by atoms with van der Waals surface area (Å²) in [4.78, 5) is 38.4. The Balaban J connectivity index is 2.24. The van der Waals surface area contributed by atoms with Gasteiger partial charge in [-0.15, -0.1) is 0 Å². The minimum Gasteiger partial charge on any atom is -0.465 e. The number of hydrogen-bond donors (Lipinski definition) is 2. The number of carbonyl (C=O) groups excluding carboxylic acids is 1. The summed E-state index contributed by atoms with van der Waals surface area (Å²) in [5.74, 6) is -0.456. The molecule has 15 heavy (non-hydrogen) atoms. The number of Topliss-reactive ketones (excluding diaryl/α,β-unsaturated/α-hetero) is 1. The number of nitrogens with zero attached hydrogens (tertiary/aromatic N) is 2. The molecule has 0 saturated carbocycles. The van der Waals surface area contributed by atoms with Gasteiger partial charge in [-0.25, -0.2) is 9.59 Å². The highest BCUT2D eigenvalue weighted by Gasteiger charge is 2.53. The number of hydroxylamine groups is 2. The van der Waals surface area contributed by atoms with Crippen molar-refractivity contribution in [1.82, 2.24) is 9.96 Å². The highest BCUT2D eigenvalue weighted by atomic mass is 16.7. The molecule has 82 valence electrons. The predicted molar refractivity (Wildman–Crippen MR) is 43.1 cm³/mol. The smallest absolute Gasteiger partial charge is 0.432 e. The Kier molecular flexibility index (Phi) is 2.00. The minimum absolute atomic E-state index is 0.102. The largest absolute Gasteiger partial charge is 0.465 e. The highest BCUT2D eigenvalue weighted by Crippen LogP contribution is 2.27. The number of carboxylic acid groups (broad SMARTS) is 2. The Morgan fingerprint density at radius 1 is 1.33 bits per heavy atom. The van der Waals surface area contributed by atoms with Gasteiger partial charge in [0, 0.05) is 0 Å². The Hall–Kier alpha value is -1.83. The molecule has 2 atom stereocenters. The fourth-order valence-electron chi connectivity index (χ4n) is 1.85. The van der Waals surface area contributed by atoms with E-state index in [1.165, 1.54) is 0 Å². The van der Waals surface area contributed by atoms with Gasteiger partial charge in [0.05, 0.1) is 19.2 Å². The number of rotatable bonds is 0. The summed E-state index contributed by atoms with van der Waals surface area (Å²) in [5.41, 5.74) is 0. The van der Waals surface area contributed by atoms with Crippen LogP contribution in [-0.4, -0.2) is 63.4 Å². The standard InChI is InChI=1S/C7H8N2O6/c10-4-1-8(6(11)12)3-2-15-9(5(3)4)7(13)14/h3,5H,1-2H2,(H,11,12)(H,13,14). The van der Waals surface area contributed by atoms with Crippen molar-refractivity contribution in [3.05, 3.63) is 0 Å². The minimum atomic E-state index is -1.39. The molecule has 0 bridgehead atoms. The normalized spacial score (nSPS) is 29.5. The molecule has 2 aliphatic rings. The van der Waals surface area contributed by atoms with E-state index in [1.54, 1.807) is 0 Å². The lowest BCUT2D eigenvalue weighted by Crippen LogP contribution is -2.42. The van der Waals surface area contributed by atoms with Crippen molar-refractivity contribution in [2.45, 2.75) is 12.1 Å². The molecule has 2 N–H and O–H groups in total. The van der Waals surface area contributed by atoms with Gasteiger partial charge in [0.2, 0.25) is 0 Å². The average molecular weight is 216 g/mol. The second-order valence-corrected chi connectivity index (χ2v) is 3.29. The lowest BCUT2D eigenvalue weighted by atomic mass is 10.1. The first-order valence-corrected chi connectivity index (χ1v) is 4.19. The topological polar surface area (TPSA) is 107 Å². The Morgan fingerprint density at radius 3 is 2.53 bits per heavy atom. The van der Waals surface area contributed by atoms with E-state index in [9.17, 15) is 14.4 Å². The molecule has 2 saturated heterocycles. The van der Waals surface area contributed by atoms with Gasteiger partial charge in [-0.3, -0.25) is 14.5 Å². The first-order valence-electron chi connectivity index (χ1n) is 4.19. The lowest BCUT2D eigenvalue weighted by molar-refractivity contribution is -0.137. The number of amides is 2. The summed E-state index contributed by atoms with van der Waals surface area (Å²) >= 11 is 0. The summed E-state index contributed by atoms with van der Waals surface area (Å²) < 4.78 is 0. The van der Waals surface area contributed by atoms with Crippen LogP contribution in [0.2, 0.25) is 0 Å². The Morgan fingerprint density at radius 2 is 2.00 bits per heavy atom. The maximum absolute atomic E-state index is 11.4. The van der Waals surface area contributed by atoms with Crippen molar-refractivity contribution < 1.29 is 29.4 Å². The highest BCUT2D eigenvalue weighted by molar-refractivity contribution is 5.94. The zero-order valence-electron chi connectivity index (χ0n) is 7.49. The molecule has 8 heteroatoms. The van der Waals surface area contributed by atoms with E-state index in [4.69, 9.17) is 15.1 Å². The molecule has 2 aliphatic heterocycles. The molecular formula is C7H8N2O6. The number of carbonyl (C=O) groups is 3. The molecule has 2 fully saturated rings. The van der Waals surface area contributed by atoms with Gasteiger partial charge in [0.1, 0.15) is 6.04 Å². The fraction of sp³-hybridized carbons (Fsp3) is 0.571. The van der Waals surface area contributed by atoms with Crippen molar-refractivity contribution in [3.8, 4) is 0 Å². The molecule has 0 radical (unpaired) electrons. The second kappa shape index (κ2) is 3.09. The zero-order chi connectivity index (χ0) is 11.2. The van der Waals surface area contributed by atoms with Crippen LogP contribution in [0.3, 0.4) is 0 Å². The lowest BCUT2D eigenvalue weighted by Gasteiger charge is -2.17. The van der Waals surface area contributed by atoms with E-state index >= 15 is 0 Å². The molecule has 2 amide bonds. The molecule has 2 rings (SSSR count). The third-order valence-corrected chi connectivity index (χ3v) is 2.49. The van der Waals surface area contributed by atoms with Crippen LogP contribution >= 0.6 is 0 Å². The molecule has 0 aromatic heterocycles. The van der Waals surface area contributed by atoms with Gasteiger partial charge in [-0.05, 0) is 0 Å². The summed E-state index contributed by atoms with van der Waals surface area (Å²) in [6.07, 6.45) is -2.63. The molecule has 8 nitrogen and oxygen atoms in total. The van der Waals surface area contributed by atoms with Crippen LogP contribution in [0.1, 0.15) is 0 Å². The molecule has 0 aromatic carbocycles. The van der Waals surface area contributed by atoms with Gasteiger partial charge in [-0.1, -0.05) is 0 Å². The Bertz CT molecular complexity index is 330. The van der Waals surface area contributed by atoms with Crippen molar-refractivity contribution in [3.63, 3.8) is 0 Å². The molecular weight excluding hydrogens is 208 g/mol. The maximum Gasteiger partial charge on any atom is 0.432 e. The molecule has 0 spiro atoms. The van der Waals surface area contributed by atoms with Crippen molar-refractivity contribution in [1.29, 1.82) is 0 Å². The predicted octanol–water partition coefficient (Wildman–Crippen LogP) is -0.788. The van der Waals surface area contributed by atoms with Crippen LogP contribution in [0.5, 0.6) is 0 Å². The van der Waals surface area contributed by atoms with Gasteiger partial charge < -0.3 is 10.2 Å². The van der Waals surface area contributed by atoms with Crippen molar-refractivity contribution >= 4 is 18.0 Å². The maximum atomic E-state index is 11.4. The van der Waals surface area contributed by atoms with Crippen LogP contribution in [0.25, 0.3) is 0 Å². The molecule has 2 heterocycles. The monoisotopic (exact) mass is 216 g/mol. The summed E-state index contributed by atoms with van der Waals surface area (Å²) in [7, 11) is 0. The number of ketones is 1. The van der Waals surface area contributed by atoms with E-state index in [-0.39, 0.29) is 13.2 Å². The van der Waals surface area contributed by atoms with Crippen LogP contribution in [-0.2, 0) is 9.63 Å².